The fourth-order valence-corrected chi connectivity index (χ4v) is 2.89. The molecule has 7 heteroatoms. The Hall–Kier alpha value is -1.73. The Balaban J connectivity index is 1.87. The van der Waals surface area contributed by atoms with Crippen LogP contribution in [0, 0.1) is 19.8 Å². The van der Waals surface area contributed by atoms with Gasteiger partial charge in [-0.3, -0.25) is 15.5 Å². The third-order valence-electron chi connectivity index (χ3n) is 4.09. The van der Waals surface area contributed by atoms with Crippen molar-refractivity contribution in [2.24, 2.45) is 13.0 Å². The molecule has 0 amide bonds. The molecule has 3 rings (SSSR count). The molecule has 1 aliphatic rings. The van der Waals surface area contributed by atoms with E-state index in [1.807, 2.05) is 25.6 Å². The van der Waals surface area contributed by atoms with E-state index in [4.69, 9.17) is 0 Å². The molecular formula is C14H23N7. The summed E-state index contributed by atoms with van der Waals surface area (Å²) >= 11 is 0. The second kappa shape index (κ2) is 5.57. The number of hydrogen-bond acceptors (Lipinski definition) is 6. The maximum absolute atomic E-state index is 4.65. The van der Waals surface area contributed by atoms with Gasteiger partial charge in [0.25, 0.3) is 0 Å². The Morgan fingerprint density at radius 2 is 1.95 bits per heavy atom. The van der Waals surface area contributed by atoms with Crippen molar-refractivity contribution in [1.29, 1.82) is 0 Å². The van der Waals surface area contributed by atoms with E-state index in [0.29, 0.717) is 5.92 Å². The summed E-state index contributed by atoms with van der Waals surface area (Å²) in [6.45, 7) is 7.01. The lowest BCUT2D eigenvalue weighted by Crippen LogP contribution is -2.24. The molecule has 1 fully saturated rings. The van der Waals surface area contributed by atoms with Gasteiger partial charge in [-0.05, 0) is 26.2 Å². The highest BCUT2D eigenvalue weighted by Crippen LogP contribution is 2.26. The maximum Gasteiger partial charge on any atom is 0.163 e. The van der Waals surface area contributed by atoms with Gasteiger partial charge < -0.3 is 4.90 Å². The molecule has 0 saturated carbocycles. The molecule has 7 nitrogen and oxygen atoms in total. The van der Waals surface area contributed by atoms with Gasteiger partial charge in [0.1, 0.15) is 11.6 Å². The lowest BCUT2D eigenvalue weighted by molar-refractivity contribution is 0.555. The predicted octanol–water partition coefficient (Wildman–Crippen LogP) is 0.530. The molecule has 0 radical (unpaired) electrons. The summed E-state index contributed by atoms with van der Waals surface area (Å²) in [6.07, 6.45) is 1.14. The number of aryl methyl sites for hydroxylation is 3. The van der Waals surface area contributed by atoms with E-state index in [2.05, 4.69) is 37.9 Å². The van der Waals surface area contributed by atoms with Gasteiger partial charge in [-0.25, -0.2) is 9.97 Å². The van der Waals surface area contributed by atoms with Crippen LogP contribution < -0.4 is 15.8 Å². The normalized spacial score (nSPS) is 16.0. The van der Waals surface area contributed by atoms with E-state index in [1.54, 1.807) is 0 Å². The summed E-state index contributed by atoms with van der Waals surface area (Å²) in [5.74, 6) is 2.46. The van der Waals surface area contributed by atoms with Crippen LogP contribution in [0.15, 0.2) is 0 Å². The van der Waals surface area contributed by atoms with Crippen molar-refractivity contribution in [3.63, 3.8) is 0 Å². The van der Waals surface area contributed by atoms with Crippen molar-refractivity contribution in [1.82, 2.24) is 30.6 Å². The summed E-state index contributed by atoms with van der Waals surface area (Å²) in [7, 11) is 4.03. The molecule has 21 heavy (non-hydrogen) atoms. The lowest BCUT2D eigenvalue weighted by atomic mass is 10.1. The zero-order valence-corrected chi connectivity index (χ0v) is 13.1. The molecular weight excluding hydrogens is 266 g/mol. The molecule has 0 atom stereocenters. The zero-order valence-electron chi connectivity index (χ0n) is 13.1. The summed E-state index contributed by atoms with van der Waals surface area (Å²) in [6, 6.07) is 0. The van der Waals surface area contributed by atoms with Crippen LogP contribution in [0.25, 0.3) is 11.0 Å². The minimum atomic E-state index is 0.681. The van der Waals surface area contributed by atoms with Crippen molar-refractivity contribution in [2.75, 3.05) is 31.6 Å². The highest BCUT2D eigenvalue weighted by Gasteiger charge is 2.19. The van der Waals surface area contributed by atoms with Crippen LogP contribution in [-0.2, 0) is 7.05 Å². The SMILES string of the molecule is Cc1nc(N(C)CCC2CNNC2)c2c(C)nn(C)c2n1. The number of hydrazine groups is 1. The van der Waals surface area contributed by atoms with Gasteiger partial charge in [-0.2, -0.15) is 5.10 Å². The number of anilines is 1. The number of hydrogen-bond donors (Lipinski definition) is 2. The molecule has 1 saturated heterocycles. The molecule has 114 valence electrons. The van der Waals surface area contributed by atoms with E-state index in [1.165, 1.54) is 0 Å². The second-order valence-electron chi connectivity index (χ2n) is 5.84. The van der Waals surface area contributed by atoms with Crippen molar-refractivity contribution in [3.05, 3.63) is 11.5 Å². The maximum atomic E-state index is 4.65. The first-order valence-electron chi connectivity index (χ1n) is 7.41. The van der Waals surface area contributed by atoms with E-state index in [9.17, 15) is 0 Å². The Morgan fingerprint density at radius 1 is 1.24 bits per heavy atom. The Bertz CT molecular complexity index is 642. The van der Waals surface area contributed by atoms with Crippen molar-refractivity contribution < 1.29 is 0 Å². The fraction of sp³-hybridized carbons (Fsp3) is 0.643. The molecule has 0 aromatic carbocycles. The smallest absolute Gasteiger partial charge is 0.163 e. The van der Waals surface area contributed by atoms with E-state index >= 15 is 0 Å². The summed E-state index contributed by atoms with van der Waals surface area (Å²) in [5, 5.41) is 5.54. The first-order valence-corrected chi connectivity index (χ1v) is 7.41. The molecule has 2 aromatic rings. The van der Waals surface area contributed by atoms with E-state index in [-0.39, 0.29) is 0 Å². The third-order valence-corrected chi connectivity index (χ3v) is 4.09. The summed E-state index contributed by atoms with van der Waals surface area (Å²) in [4.78, 5) is 11.4. The Kier molecular flexibility index (Phi) is 3.77. The lowest BCUT2D eigenvalue weighted by Gasteiger charge is -2.21. The predicted molar refractivity (Wildman–Crippen MR) is 83.2 cm³/mol. The van der Waals surface area contributed by atoms with Crippen LogP contribution in [0.3, 0.4) is 0 Å². The van der Waals surface area contributed by atoms with E-state index in [0.717, 1.165) is 54.4 Å². The monoisotopic (exact) mass is 289 g/mol. The molecule has 0 aliphatic carbocycles. The average molecular weight is 289 g/mol. The van der Waals surface area contributed by atoms with Crippen molar-refractivity contribution in [2.45, 2.75) is 20.3 Å². The minimum Gasteiger partial charge on any atom is -0.359 e. The zero-order chi connectivity index (χ0) is 15.0. The molecule has 2 N–H and O–H groups in total. The first-order chi connectivity index (χ1) is 10.1. The van der Waals surface area contributed by atoms with Gasteiger partial charge in [-0.15, -0.1) is 0 Å². The molecule has 0 unspecified atom stereocenters. The van der Waals surface area contributed by atoms with E-state index < -0.39 is 0 Å². The highest BCUT2D eigenvalue weighted by atomic mass is 15.4. The molecule has 3 heterocycles. The average Bonchev–Trinajstić information content (AvgIpc) is 3.05. The van der Waals surface area contributed by atoms with Crippen molar-refractivity contribution in [3.8, 4) is 0 Å². The van der Waals surface area contributed by atoms with Crippen LogP contribution in [-0.4, -0.2) is 46.4 Å². The van der Waals surface area contributed by atoms with Crippen LogP contribution >= 0.6 is 0 Å². The standard InChI is InChI=1S/C14H23N7/c1-9-12-13(17-10(2)18-14(12)21(4)19-9)20(3)6-5-11-7-15-16-8-11/h11,15-16H,5-8H2,1-4H3. The fourth-order valence-electron chi connectivity index (χ4n) is 2.89. The summed E-state index contributed by atoms with van der Waals surface area (Å²) in [5.41, 5.74) is 8.25. The van der Waals surface area contributed by atoms with Gasteiger partial charge >= 0.3 is 0 Å². The number of nitrogens with one attached hydrogen (secondary N) is 2. The largest absolute Gasteiger partial charge is 0.359 e. The molecule has 0 spiro atoms. The third kappa shape index (κ3) is 2.71. The minimum absolute atomic E-state index is 0.681. The van der Waals surface area contributed by atoms with Gasteiger partial charge in [0.05, 0.1) is 11.1 Å². The van der Waals surface area contributed by atoms with Gasteiger partial charge in [0.2, 0.25) is 0 Å². The molecule has 2 aromatic heterocycles. The van der Waals surface area contributed by atoms with Gasteiger partial charge in [-0.1, -0.05) is 0 Å². The number of nitrogens with zero attached hydrogens (tertiary/aromatic N) is 5. The summed E-state index contributed by atoms with van der Waals surface area (Å²) < 4.78 is 1.83. The van der Waals surface area contributed by atoms with Crippen molar-refractivity contribution >= 4 is 16.9 Å². The number of fused-ring (bicyclic) bond motifs is 1. The highest BCUT2D eigenvalue weighted by molar-refractivity contribution is 5.89. The van der Waals surface area contributed by atoms with Gasteiger partial charge in [0, 0.05) is 33.7 Å². The first kappa shape index (κ1) is 14.2. The Morgan fingerprint density at radius 3 is 2.67 bits per heavy atom. The topological polar surface area (TPSA) is 70.9 Å². The molecule has 0 bridgehead atoms. The quantitative estimate of drug-likeness (QED) is 0.855. The van der Waals surface area contributed by atoms with Gasteiger partial charge in [0.15, 0.2) is 5.65 Å². The molecule has 1 aliphatic heterocycles. The number of aromatic nitrogens is 4. The number of rotatable bonds is 4. The van der Waals surface area contributed by atoms with Crippen LogP contribution in [0.5, 0.6) is 0 Å². The van der Waals surface area contributed by atoms with Crippen LogP contribution in [0.1, 0.15) is 17.9 Å². The van der Waals surface area contributed by atoms with Crippen LogP contribution in [0.2, 0.25) is 0 Å². The van der Waals surface area contributed by atoms with Crippen LogP contribution in [0.4, 0.5) is 5.82 Å². The Labute approximate surface area is 124 Å². The second-order valence-corrected chi connectivity index (χ2v) is 5.84.